The Morgan fingerprint density at radius 3 is 2.31 bits per heavy atom. The number of hydrogen-bond acceptors (Lipinski definition) is 9. The van der Waals surface area contributed by atoms with Crippen molar-refractivity contribution in [2.75, 3.05) is 10.6 Å². The van der Waals surface area contributed by atoms with Gasteiger partial charge in [0, 0.05) is 23.6 Å². The van der Waals surface area contributed by atoms with Crippen molar-refractivity contribution >= 4 is 57.2 Å². The number of carbonyl (C=O) groups excluding carboxylic acids is 6. The van der Waals surface area contributed by atoms with Crippen LogP contribution in [0.25, 0.3) is 10.8 Å². The van der Waals surface area contributed by atoms with Crippen LogP contribution >= 0.6 is 0 Å². The quantitative estimate of drug-likeness (QED) is 0.196. The highest BCUT2D eigenvalue weighted by atomic mass is 16.3. The molecule has 42 heavy (non-hydrogen) atoms. The zero-order valence-corrected chi connectivity index (χ0v) is 21.9. The molecule has 0 radical (unpaired) electrons. The largest absolute Gasteiger partial charge is 0.505 e. The summed E-state index contributed by atoms with van der Waals surface area (Å²) in [4.78, 5) is 77.5. The van der Waals surface area contributed by atoms with Gasteiger partial charge in [0.15, 0.2) is 34.7 Å². The monoisotopic (exact) mass is 571 g/mol. The number of anilines is 2. The lowest BCUT2D eigenvalue weighted by molar-refractivity contribution is -0.188. The predicted molar refractivity (Wildman–Crippen MR) is 146 cm³/mol. The molecule has 0 spiro atoms. The zero-order chi connectivity index (χ0) is 30.1. The molecule has 12 nitrogen and oxygen atoms in total. The lowest BCUT2D eigenvalue weighted by Crippen LogP contribution is -2.72. The first-order valence-electron chi connectivity index (χ1n) is 13.2. The van der Waals surface area contributed by atoms with E-state index in [4.69, 9.17) is 5.73 Å². The number of phenolic OH excluding ortho intramolecular Hbond substituents is 1. The number of Topliss-reactive ketones (excluding diaryl/α,β-unsaturated/α-hetero) is 4. The van der Waals surface area contributed by atoms with E-state index in [1.165, 1.54) is 12.1 Å². The Hall–Kier alpha value is -4.94. The van der Waals surface area contributed by atoms with Crippen molar-refractivity contribution in [3.8, 4) is 5.75 Å². The maximum Gasteiger partial charge on any atom is 0.323 e. The van der Waals surface area contributed by atoms with Gasteiger partial charge in [0.2, 0.25) is 5.91 Å². The summed E-state index contributed by atoms with van der Waals surface area (Å²) in [5.41, 5.74) is 2.48. The van der Waals surface area contributed by atoms with Crippen LogP contribution in [0, 0.1) is 23.7 Å². The fourth-order valence-electron chi connectivity index (χ4n) is 6.67. The Balaban J connectivity index is 1.31. The number of urea groups is 1. The maximum atomic E-state index is 13.7. The number of nitrogens with two attached hydrogens (primary N) is 1. The summed E-state index contributed by atoms with van der Waals surface area (Å²) in [6.45, 7) is 0. The van der Waals surface area contributed by atoms with Crippen LogP contribution in [0.1, 0.15) is 22.3 Å². The van der Waals surface area contributed by atoms with Gasteiger partial charge < -0.3 is 31.7 Å². The second kappa shape index (κ2) is 9.57. The molecule has 3 aliphatic rings. The molecule has 3 aromatic rings. The first-order valence-corrected chi connectivity index (χ1v) is 13.2. The maximum absolute atomic E-state index is 13.7. The number of amides is 3. The van der Waals surface area contributed by atoms with E-state index in [0.717, 1.165) is 10.8 Å². The Labute approximate surface area is 237 Å². The molecule has 0 saturated heterocycles. The number of rotatable bonds is 3. The van der Waals surface area contributed by atoms with E-state index in [2.05, 4.69) is 10.6 Å². The van der Waals surface area contributed by atoms with Crippen molar-refractivity contribution in [3.63, 3.8) is 0 Å². The third kappa shape index (κ3) is 3.83. The van der Waals surface area contributed by atoms with Crippen molar-refractivity contribution in [3.05, 3.63) is 65.7 Å². The molecule has 3 aliphatic carbocycles. The number of aliphatic hydroxyl groups is 2. The zero-order valence-electron chi connectivity index (χ0n) is 21.9. The lowest BCUT2D eigenvalue weighted by Gasteiger charge is -2.51. The van der Waals surface area contributed by atoms with Gasteiger partial charge in [-0.05, 0) is 29.5 Å². The van der Waals surface area contributed by atoms with Crippen LogP contribution in [0.5, 0.6) is 5.75 Å². The standard InChI is InChI=1S/C30H25N3O9/c31-28(40)22-19(34)11-16-23(35)15-10-13-8-9-18(24(36)20(13)25(37)21(15)26(38)30(16,42)27(22)39)33-29(41)32-17-7-3-5-12-4-1-2-6-14(12)17/h1-9,15-16,21-23,35-36,42H,10-11H2,(H2,31,40)(H2,32,33,41)/t15-,16-,21?,22?,23+,30+/m1/s1. The average molecular weight is 572 g/mol. The van der Waals surface area contributed by atoms with Gasteiger partial charge in [-0.15, -0.1) is 0 Å². The molecule has 7 N–H and O–H groups in total. The molecule has 3 aromatic carbocycles. The predicted octanol–water partition coefficient (Wildman–Crippen LogP) is 1.09. The molecule has 3 amide bonds. The fourth-order valence-corrected chi connectivity index (χ4v) is 6.67. The van der Waals surface area contributed by atoms with E-state index in [1.807, 2.05) is 30.3 Å². The van der Waals surface area contributed by atoms with E-state index >= 15 is 0 Å². The van der Waals surface area contributed by atoms with Gasteiger partial charge in [0.25, 0.3) is 0 Å². The van der Waals surface area contributed by atoms with E-state index in [-0.39, 0.29) is 23.2 Å². The van der Waals surface area contributed by atoms with Crippen molar-refractivity contribution in [1.82, 2.24) is 0 Å². The second-order valence-corrected chi connectivity index (χ2v) is 10.9. The second-order valence-electron chi connectivity index (χ2n) is 10.9. The summed E-state index contributed by atoms with van der Waals surface area (Å²) in [7, 11) is 0. The third-order valence-electron chi connectivity index (χ3n) is 8.67. The summed E-state index contributed by atoms with van der Waals surface area (Å²) in [5, 5.41) is 40.3. The van der Waals surface area contributed by atoms with Crippen LogP contribution < -0.4 is 16.4 Å². The van der Waals surface area contributed by atoms with Crippen LogP contribution in [0.3, 0.4) is 0 Å². The van der Waals surface area contributed by atoms with Crippen LogP contribution in [0.4, 0.5) is 16.2 Å². The molecule has 214 valence electrons. The van der Waals surface area contributed by atoms with Crippen molar-refractivity contribution in [2.45, 2.75) is 24.5 Å². The van der Waals surface area contributed by atoms with Gasteiger partial charge in [0.05, 0.1) is 29.0 Å². The number of carbonyl (C=O) groups is 6. The minimum atomic E-state index is -2.99. The fraction of sp³-hybridized carbons (Fsp3) is 0.267. The topological polar surface area (TPSA) is 213 Å². The Morgan fingerprint density at radius 2 is 1.57 bits per heavy atom. The van der Waals surface area contributed by atoms with Gasteiger partial charge in [-0.1, -0.05) is 42.5 Å². The van der Waals surface area contributed by atoms with E-state index in [9.17, 15) is 44.1 Å². The Morgan fingerprint density at radius 1 is 0.881 bits per heavy atom. The van der Waals surface area contributed by atoms with E-state index in [1.54, 1.807) is 12.1 Å². The molecule has 2 fully saturated rings. The highest BCUT2D eigenvalue weighted by Gasteiger charge is 2.69. The molecule has 6 atom stereocenters. The SMILES string of the molecule is NC(=O)C1C(=O)C[C@@H]2[C@@H](O)[C@@H]3Cc4ccc(NC(=O)Nc5cccc6ccccc56)c(O)c4C(=O)C3C(=O)[C@]2(O)C1=O. The summed E-state index contributed by atoms with van der Waals surface area (Å²) < 4.78 is 0. The Kier molecular flexibility index (Phi) is 6.21. The first-order chi connectivity index (χ1) is 19.9. The van der Waals surface area contributed by atoms with Crippen LogP contribution in [-0.4, -0.2) is 62.1 Å². The van der Waals surface area contributed by atoms with Gasteiger partial charge in [-0.2, -0.15) is 0 Å². The molecule has 12 heteroatoms. The molecular formula is C30H25N3O9. The minimum Gasteiger partial charge on any atom is -0.505 e. The number of primary amides is 1. The van der Waals surface area contributed by atoms with Gasteiger partial charge >= 0.3 is 6.03 Å². The highest BCUT2D eigenvalue weighted by molar-refractivity contribution is 6.31. The molecular weight excluding hydrogens is 546 g/mol. The van der Waals surface area contributed by atoms with Gasteiger partial charge in [0.1, 0.15) is 5.75 Å². The summed E-state index contributed by atoms with van der Waals surface area (Å²) in [5.74, 6) is -13.2. The lowest BCUT2D eigenvalue weighted by atomic mass is 9.52. The van der Waals surface area contributed by atoms with Crippen LogP contribution in [0.15, 0.2) is 54.6 Å². The molecule has 2 saturated carbocycles. The molecule has 6 rings (SSSR count). The number of fused-ring (bicyclic) bond motifs is 4. The normalized spacial score (nSPS) is 28.5. The number of hydrogen-bond donors (Lipinski definition) is 6. The van der Waals surface area contributed by atoms with Gasteiger partial charge in [-0.25, -0.2) is 4.79 Å². The van der Waals surface area contributed by atoms with E-state index < -0.39 is 82.6 Å². The molecule has 0 aliphatic heterocycles. The molecule has 0 heterocycles. The number of phenols is 1. The average Bonchev–Trinajstić information content (AvgIpc) is 2.95. The summed E-state index contributed by atoms with van der Waals surface area (Å²) in [6.07, 6.45) is -2.40. The third-order valence-corrected chi connectivity index (χ3v) is 8.67. The number of benzene rings is 3. The molecule has 0 aromatic heterocycles. The number of aliphatic hydroxyl groups excluding tert-OH is 1. The summed E-state index contributed by atoms with van der Waals surface area (Å²) >= 11 is 0. The van der Waals surface area contributed by atoms with Crippen LogP contribution in [-0.2, 0) is 25.6 Å². The smallest absolute Gasteiger partial charge is 0.323 e. The molecule has 0 bridgehead atoms. The van der Waals surface area contributed by atoms with Crippen LogP contribution in [0.2, 0.25) is 0 Å². The number of ketones is 4. The summed E-state index contributed by atoms with van der Waals surface area (Å²) in [6, 6.07) is 14.8. The molecule has 2 unspecified atom stereocenters. The minimum absolute atomic E-state index is 0.108. The number of nitrogens with one attached hydrogen (secondary N) is 2. The van der Waals surface area contributed by atoms with Crippen molar-refractivity contribution in [1.29, 1.82) is 0 Å². The highest BCUT2D eigenvalue weighted by Crippen LogP contribution is 2.50. The van der Waals surface area contributed by atoms with Gasteiger partial charge in [-0.3, -0.25) is 24.0 Å². The van der Waals surface area contributed by atoms with E-state index in [0.29, 0.717) is 5.69 Å². The first kappa shape index (κ1) is 27.2. The number of aromatic hydroxyl groups is 1. The van der Waals surface area contributed by atoms with Crippen molar-refractivity contribution in [2.24, 2.45) is 29.4 Å². The Bertz CT molecular complexity index is 1750. The van der Waals surface area contributed by atoms with Crippen molar-refractivity contribution < 1.29 is 44.1 Å².